The van der Waals surface area contributed by atoms with Gasteiger partial charge in [0.2, 0.25) is 0 Å². The molecule has 1 N–H and O–H groups in total. The van der Waals surface area contributed by atoms with Gasteiger partial charge in [-0.25, -0.2) is 4.98 Å². The SMILES string of the molecule is CC(/C=C(/C#N)c1nc2ccccc2[nH]1)=C\c1ccccc1. The van der Waals surface area contributed by atoms with Crippen molar-refractivity contribution in [2.45, 2.75) is 6.92 Å². The van der Waals surface area contributed by atoms with Crippen molar-refractivity contribution in [3.8, 4) is 6.07 Å². The van der Waals surface area contributed by atoms with Crippen molar-refractivity contribution >= 4 is 22.7 Å². The lowest BCUT2D eigenvalue weighted by molar-refractivity contribution is 1.27. The van der Waals surface area contributed by atoms with Crippen LogP contribution in [-0.4, -0.2) is 9.97 Å². The molecule has 1 aromatic heterocycles. The molecule has 0 saturated carbocycles. The minimum atomic E-state index is 0.529. The van der Waals surface area contributed by atoms with E-state index in [0.29, 0.717) is 11.4 Å². The third-order valence-electron chi connectivity index (χ3n) is 3.33. The zero-order valence-electron chi connectivity index (χ0n) is 12.2. The Morgan fingerprint density at radius 2 is 1.82 bits per heavy atom. The van der Waals surface area contributed by atoms with E-state index in [9.17, 15) is 5.26 Å². The predicted molar refractivity (Wildman–Crippen MR) is 89.8 cm³/mol. The van der Waals surface area contributed by atoms with Gasteiger partial charge < -0.3 is 4.98 Å². The molecule has 0 saturated heterocycles. The van der Waals surface area contributed by atoms with Crippen LogP contribution in [0.2, 0.25) is 0 Å². The summed E-state index contributed by atoms with van der Waals surface area (Å²) in [6, 6.07) is 20.0. The fraction of sp³-hybridized carbons (Fsp3) is 0.0526. The van der Waals surface area contributed by atoms with Gasteiger partial charge in [-0.15, -0.1) is 0 Å². The highest BCUT2D eigenvalue weighted by molar-refractivity contribution is 5.83. The molecule has 1 heterocycles. The summed E-state index contributed by atoms with van der Waals surface area (Å²) < 4.78 is 0. The van der Waals surface area contributed by atoms with E-state index in [1.807, 2.05) is 73.7 Å². The van der Waals surface area contributed by atoms with E-state index in [2.05, 4.69) is 16.0 Å². The average molecular weight is 285 g/mol. The number of rotatable bonds is 3. The summed E-state index contributed by atoms with van der Waals surface area (Å²) in [5.74, 6) is 0.601. The van der Waals surface area contributed by atoms with Crippen molar-refractivity contribution in [1.29, 1.82) is 5.26 Å². The van der Waals surface area contributed by atoms with Gasteiger partial charge in [0.25, 0.3) is 0 Å². The monoisotopic (exact) mass is 285 g/mol. The first-order chi connectivity index (χ1) is 10.8. The molecular weight excluding hydrogens is 270 g/mol. The van der Waals surface area contributed by atoms with Crippen LogP contribution in [0.5, 0.6) is 0 Å². The van der Waals surface area contributed by atoms with Crippen LogP contribution < -0.4 is 0 Å². The number of para-hydroxylation sites is 2. The number of hydrogen-bond acceptors (Lipinski definition) is 2. The van der Waals surface area contributed by atoms with E-state index >= 15 is 0 Å². The summed E-state index contributed by atoms with van der Waals surface area (Å²) in [5.41, 5.74) is 4.44. The van der Waals surface area contributed by atoms with Crippen LogP contribution in [0.1, 0.15) is 18.3 Å². The van der Waals surface area contributed by atoms with Gasteiger partial charge in [-0.05, 0) is 36.3 Å². The molecule has 3 rings (SSSR count). The van der Waals surface area contributed by atoms with Crippen molar-refractivity contribution in [3.05, 3.63) is 77.6 Å². The number of nitriles is 1. The molecule has 0 aliphatic carbocycles. The quantitative estimate of drug-likeness (QED) is 0.566. The molecule has 106 valence electrons. The molecule has 2 aromatic carbocycles. The van der Waals surface area contributed by atoms with Crippen molar-refractivity contribution in [3.63, 3.8) is 0 Å². The number of nitrogens with one attached hydrogen (secondary N) is 1. The molecule has 3 nitrogen and oxygen atoms in total. The Bertz CT molecular complexity index is 860. The summed E-state index contributed by atoms with van der Waals surface area (Å²) in [5, 5.41) is 9.41. The summed E-state index contributed by atoms with van der Waals surface area (Å²) in [4.78, 5) is 7.66. The number of aromatic nitrogens is 2. The van der Waals surface area contributed by atoms with Crippen LogP contribution in [-0.2, 0) is 0 Å². The predicted octanol–water partition coefficient (Wildman–Crippen LogP) is 4.57. The maximum atomic E-state index is 9.41. The fourth-order valence-corrected chi connectivity index (χ4v) is 2.32. The molecule has 0 amide bonds. The van der Waals surface area contributed by atoms with Crippen LogP contribution >= 0.6 is 0 Å². The van der Waals surface area contributed by atoms with E-state index in [-0.39, 0.29) is 0 Å². The second kappa shape index (κ2) is 6.11. The molecule has 0 aliphatic heterocycles. The Labute approximate surface area is 129 Å². The Morgan fingerprint density at radius 3 is 2.55 bits per heavy atom. The second-order valence-electron chi connectivity index (χ2n) is 5.07. The topological polar surface area (TPSA) is 52.5 Å². The highest BCUT2D eigenvalue weighted by Crippen LogP contribution is 2.18. The third-order valence-corrected chi connectivity index (χ3v) is 3.33. The minimum absolute atomic E-state index is 0.529. The molecule has 3 heteroatoms. The number of fused-ring (bicyclic) bond motifs is 1. The molecule has 0 aliphatic rings. The van der Waals surface area contributed by atoms with Crippen LogP contribution in [0.4, 0.5) is 0 Å². The highest BCUT2D eigenvalue weighted by atomic mass is 14.9. The van der Waals surface area contributed by atoms with Gasteiger partial charge in [0.15, 0.2) is 0 Å². The standard InChI is InChI=1S/C19H15N3/c1-14(11-15-7-3-2-4-8-15)12-16(13-20)19-21-17-9-5-6-10-18(17)22-19/h2-12H,1H3,(H,21,22)/b14-11+,16-12-. The van der Waals surface area contributed by atoms with Gasteiger partial charge in [0.05, 0.1) is 16.6 Å². The molecule has 0 atom stereocenters. The first-order valence-electron chi connectivity index (χ1n) is 7.06. The molecule has 0 spiro atoms. The van der Waals surface area contributed by atoms with Crippen LogP contribution in [0, 0.1) is 11.3 Å². The van der Waals surface area contributed by atoms with Gasteiger partial charge in [0, 0.05) is 0 Å². The lowest BCUT2D eigenvalue weighted by Crippen LogP contribution is -1.85. The normalized spacial score (nSPS) is 12.4. The maximum absolute atomic E-state index is 9.41. The van der Waals surface area contributed by atoms with Crippen molar-refractivity contribution in [2.75, 3.05) is 0 Å². The molecule has 0 radical (unpaired) electrons. The fourth-order valence-electron chi connectivity index (χ4n) is 2.32. The van der Waals surface area contributed by atoms with E-state index in [1.165, 1.54) is 0 Å². The van der Waals surface area contributed by atoms with Gasteiger partial charge in [-0.1, -0.05) is 48.5 Å². The van der Waals surface area contributed by atoms with Crippen molar-refractivity contribution in [2.24, 2.45) is 0 Å². The van der Waals surface area contributed by atoms with E-state index in [4.69, 9.17) is 0 Å². The van der Waals surface area contributed by atoms with Crippen molar-refractivity contribution in [1.82, 2.24) is 9.97 Å². The zero-order valence-corrected chi connectivity index (χ0v) is 12.2. The molecule has 0 unspecified atom stereocenters. The average Bonchev–Trinajstić information content (AvgIpc) is 2.97. The number of H-pyrrole nitrogens is 1. The van der Waals surface area contributed by atoms with E-state index < -0.39 is 0 Å². The molecular formula is C19H15N3. The lowest BCUT2D eigenvalue weighted by atomic mass is 10.1. The summed E-state index contributed by atoms with van der Waals surface area (Å²) in [6.45, 7) is 1.98. The molecule has 0 bridgehead atoms. The number of allylic oxidation sites excluding steroid dienone is 3. The number of nitrogens with zero attached hydrogens (tertiary/aromatic N) is 2. The van der Waals surface area contributed by atoms with Gasteiger partial charge >= 0.3 is 0 Å². The molecule has 3 aromatic rings. The number of imidazole rings is 1. The minimum Gasteiger partial charge on any atom is -0.337 e. The first-order valence-corrected chi connectivity index (χ1v) is 7.06. The summed E-state index contributed by atoms with van der Waals surface area (Å²) in [7, 11) is 0. The van der Waals surface area contributed by atoms with E-state index in [0.717, 1.165) is 22.2 Å². The first kappa shape index (κ1) is 13.8. The highest BCUT2D eigenvalue weighted by Gasteiger charge is 2.07. The van der Waals surface area contributed by atoms with E-state index in [1.54, 1.807) is 0 Å². The van der Waals surface area contributed by atoms with Gasteiger partial charge in [-0.2, -0.15) is 5.26 Å². The van der Waals surface area contributed by atoms with Crippen LogP contribution in [0.25, 0.3) is 22.7 Å². The Kier molecular flexibility index (Phi) is 3.84. The number of aromatic amines is 1. The Morgan fingerprint density at radius 1 is 1.09 bits per heavy atom. The van der Waals surface area contributed by atoms with Crippen LogP contribution in [0.3, 0.4) is 0 Å². The zero-order chi connectivity index (χ0) is 15.4. The second-order valence-corrected chi connectivity index (χ2v) is 5.07. The lowest BCUT2D eigenvalue weighted by Gasteiger charge is -1.97. The summed E-state index contributed by atoms with van der Waals surface area (Å²) in [6.07, 6.45) is 3.89. The van der Waals surface area contributed by atoms with Gasteiger partial charge in [0.1, 0.15) is 11.9 Å². The Balaban J connectivity index is 1.96. The van der Waals surface area contributed by atoms with Crippen LogP contribution in [0.15, 0.2) is 66.2 Å². The summed E-state index contributed by atoms with van der Waals surface area (Å²) >= 11 is 0. The maximum Gasteiger partial charge on any atom is 0.149 e. The van der Waals surface area contributed by atoms with Gasteiger partial charge in [-0.3, -0.25) is 0 Å². The number of benzene rings is 2. The molecule has 22 heavy (non-hydrogen) atoms. The molecule has 0 fully saturated rings. The largest absolute Gasteiger partial charge is 0.337 e. The smallest absolute Gasteiger partial charge is 0.149 e. The Hall–Kier alpha value is -3.12. The van der Waals surface area contributed by atoms with Crippen molar-refractivity contribution < 1.29 is 0 Å². The number of hydrogen-bond donors (Lipinski definition) is 1. The third kappa shape index (κ3) is 2.97.